The van der Waals surface area contributed by atoms with Crippen molar-refractivity contribution in [3.8, 4) is 16.9 Å². The number of amides is 1. The Hall–Kier alpha value is -2.71. The van der Waals surface area contributed by atoms with Crippen molar-refractivity contribution in [2.45, 2.75) is 4.90 Å². The minimum Gasteiger partial charge on any atom is -0.507 e. The zero-order chi connectivity index (χ0) is 18.9. The molecule has 1 heterocycles. The Balaban J connectivity index is 1.86. The smallest absolute Gasteiger partial charge is 0.265 e. The molecule has 0 saturated heterocycles. The number of nitrogens with one attached hydrogen (secondary N) is 1. The zero-order valence-corrected chi connectivity index (χ0v) is 15.2. The lowest BCUT2D eigenvalue weighted by Crippen LogP contribution is -2.11. The van der Waals surface area contributed by atoms with Gasteiger partial charge in [-0.25, -0.2) is 12.8 Å². The van der Waals surface area contributed by atoms with Gasteiger partial charge in [-0.3, -0.25) is 4.79 Å². The average molecular weight is 391 g/mol. The van der Waals surface area contributed by atoms with Gasteiger partial charge in [0.05, 0.1) is 9.77 Å². The highest BCUT2D eigenvalue weighted by Gasteiger charge is 2.15. The van der Waals surface area contributed by atoms with Gasteiger partial charge in [0.1, 0.15) is 11.6 Å². The van der Waals surface area contributed by atoms with E-state index >= 15 is 0 Å². The third-order valence-corrected chi connectivity index (χ3v) is 5.62. The minimum absolute atomic E-state index is 0.0490. The van der Waals surface area contributed by atoms with Crippen LogP contribution in [0.1, 0.15) is 9.67 Å². The van der Waals surface area contributed by atoms with Crippen molar-refractivity contribution in [3.05, 3.63) is 64.6 Å². The van der Waals surface area contributed by atoms with Gasteiger partial charge in [0, 0.05) is 17.5 Å². The molecule has 0 aliphatic heterocycles. The minimum atomic E-state index is -3.60. The average Bonchev–Trinajstić information content (AvgIpc) is 3.04. The maximum Gasteiger partial charge on any atom is 0.265 e. The second-order valence-electron chi connectivity index (χ2n) is 5.62. The van der Waals surface area contributed by atoms with Crippen LogP contribution >= 0.6 is 11.3 Å². The highest BCUT2D eigenvalue weighted by molar-refractivity contribution is 7.90. The molecule has 0 aliphatic carbocycles. The monoisotopic (exact) mass is 391 g/mol. The van der Waals surface area contributed by atoms with Crippen LogP contribution in [0.4, 0.5) is 10.1 Å². The van der Waals surface area contributed by atoms with E-state index in [1.807, 2.05) is 0 Å². The first-order chi connectivity index (χ1) is 12.2. The molecule has 3 rings (SSSR count). The van der Waals surface area contributed by atoms with Crippen molar-refractivity contribution in [2.24, 2.45) is 0 Å². The van der Waals surface area contributed by atoms with E-state index in [1.165, 1.54) is 6.07 Å². The SMILES string of the molecule is CS(=O)(=O)c1cc(F)cc(NC(=O)c2cc(-c3ccccc3O)cs2)c1. The Kier molecular flexibility index (Phi) is 4.80. The van der Waals surface area contributed by atoms with Crippen LogP contribution in [0.25, 0.3) is 11.1 Å². The largest absolute Gasteiger partial charge is 0.507 e. The molecule has 2 N–H and O–H groups in total. The first-order valence-corrected chi connectivity index (χ1v) is 10.2. The van der Waals surface area contributed by atoms with Crippen LogP contribution in [0.15, 0.2) is 58.8 Å². The summed E-state index contributed by atoms with van der Waals surface area (Å²) in [5.74, 6) is -1.16. The highest BCUT2D eigenvalue weighted by Crippen LogP contribution is 2.32. The number of aromatic hydroxyl groups is 1. The summed E-state index contributed by atoms with van der Waals surface area (Å²) in [6.07, 6.45) is 0.964. The summed E-state index contributed by atoms with van der Waals surface area (Å²) in [6.45, 7) is 0. The van der Waals surface area contributed by atoms with Gasteiger partial charge in [-0.15, -0.1) is 11.3 Å². The summed E-state index contributed by atoms with van der Waals surface area (Å²) >= 11 is 1.16. The summed E-state index contributed by atoms with van der Waals surface area (Å²) < 4.78 is 36.8. The molecule has 0 radical (unpaired) electrons. The number of sulfone groups is 1. The Morgan fingerprint density at radius 3 is 2.58 bits per heavy atom. The fourth-order valence-corrected chi connectivity index (χ4v) is 3.83. The molecule has 134 valence electrons. The molecule has 5 nitrogen and oxygen atoms in total. The summed E-state index contributed by atoms with van der Waals surface area (Å²) in [7, 11) is -3.60. The summed E-state index contributed by atoms with van der Waals surface area (Å²) in [5, 5.41) is 14.1. The Labute approximate surface area is 153 Å². The standard InChI is InChI=1S/C18H14FNO4S2/c1-26(23,24)14-8-12(19)7-13(9-14)20-18(22)17-6-11(10-25-17)15-4-2-3-5-16(15)21/h2-10,21H,1H3,(H,20,22). The number of hydrogen-bond acceptors (Lipinski definition) is 5. The van der Waals surface area contributed by atoms with Gasteiger partial charge in [-0.05, 0) is 41.3 Å². The van der Waals surface area contributed by atoms with E-state index in [0.717, 1.165) is 29.7 Å². The van der Waals surface area contributed by atoms with Crippen molar-refractivity contribution in [1.82, 2.24) is 0 Å². The number of hydrogen-bond donors (Lipinski definition) is 2. The van der Waals surface area contributed by atoms with E-state index in [0.29, 0.717) is 16.0 Å². The molecular weight excluding hydrogens is 377 g/mol. The zero-order valence-electron chi connectivity index (χ0n) is 13.6. The van der Waals surface area contributed by atoms with Crippen molar-refractivity contribution in [1.29, 1.82) is 0 Å². The van der Waals surface area contributed by atoms with E-state index in [2.05, 4.69) is 5.32 Å². The van der Waals surface area contributed by atoms with Crippen molar-refractivity contribution < 1.29 is 22.7 Å². The Bertz CT molecular complexity index is 1090. The molecule has 1 amide bonds. The topological polar surface area (TPSA) is 83.5 Å². The number of phenols is 1. The van der Waals surface area contributed by atoms with Crippen LogP contribution in [0.3, 0.4) is 0 Å². The number of thiophene rings is 1. The second-order valence-corrected chi connectivity index (χ2v) is 8.55. The van der Waals surface area contributed by atoms with Crippen molar-refractivity contribution in [2.75, 3.05) is 11.6 Å². The third kappa shape index (κ3) is 3.92. The maximum atomic E-state index is 13.6. The van der Waals surface area contributed by atoms with Gasteiger partial charge in [0.2, 0.25) is 0 Å². The lowest BCUT2D eigenvalue weighted by Gasteiger charge is -2.06. The molecule has 3 aromatic rings. The Morgan fingerprint density at radius 2 is 1.88 bits per heavy atom. The molecule has 26 heavy (non-hydrogen) atoms. The molecule has 0 bridgehead atoms. The molecule has 8 heteroatoms. The van der Waals surface area contributed by atoms with Gasteiger partial charge in [0.25, 0.3) is 5.91 Å². The normalized spacial score (nSPS) is 11.3. The molecule has 0 saturated carbocycles. The predicted molar refractivity (Wildman–Crippen MR) is 98.9 cm³/mol. The van der Waals surface area contributed by atoms with Crippen LogP contribution in [0.5, 0.6) is 5.75 Å². The lowest BCUT2D eigenvalue weighted by atomic mass is 10.1. The van der Waals surface area contributed by atoms with E-state index < -0.39 is 21.6 Å². The number of carbonyl (C=O) groups is 1. The fourth-order valence-electron chi connectivity index (χ4n) is 2.36. The summed E-state index contributed by atoms with van der Waals surface area (Å²) in [4.78, 5) is 12.5. The molecule has 0 unspecified atom stereocenters. The van der Waals surface area contributed by atoms with Crippen LogP contribution in [-0.2, 0) is 9.84 Å². The number of carbonyl (C=O) groups excluding carboxylic acids is 1. The van der Waals surface area contributed by atoms with Crippen molar-refractivity contribution in [3.63, 3.8) is 0 Å². The lowest BCUT2D eigenvalue weighted by molar-refractivity contribution is 0.103. The molecule has 0 spiro atoms. The molecular formula is C18H14FNO4S2. The quantitative estimate of drug-likeness (QED) is 0.706. The predicted octanol–water partition coefficient (Wildman–Crippen LogP) is 3.92. The van der Waals surface area contributed by atoms with Gasteiger partial charge < -0.3 is 10.4 Å². The highest BCUT2D eigenvalue weighted by atomic mass is 32.2. The summed E-state index contributed by atoms with van der Waals surface area (Å²) in [6, 6.07) is 11.5. The van der Waals surface area contributed by atoms with Crippen molar-refractivity contribution >= 4 is 32.8 Å². The third-order valence-electron chi connectivity index (χ3n) is 3.60. The van der Waals surface area contributed by atoms with E-state index in [1.54, 1.807) is 35.7 Å². The molecule has 0 atom stereocenters. The van der Waals surface area contributed by atoms with Crippen LogP contribution in [0, 0.1) is 5.82 Å². The summed E-state index contributed by atoms with van der Waals surface area (Å²) in [5.41, 5.74) is 1.31. The number of rotatable bonds is 4. The number of phenolic OH excluding ortho intramolecular Hbond substituents is 1. The van der Waals surface area contributed by atoms with Gasteiger partial charge >= 0.3 is 0 Å². The number of anilines is 1. The van der Waals surface area contributed by atoms with Crippen LogP contribution in [0.2, 0.25) is 0 Å². The Morgan fingerprint density at radius 1 is 1.15 bits per heavy atom. The number of benzene rings is 2. The number of halogens is 1. The van der Waals surface area contributed by atoms with Crippen LogP contribution < -0.4 is 5.32 Å². The van der Waals surface area contributed by atoms with Gasteiger partial charge in [-0.1, -0.05) is 18.2 Å². The molecule has 2 aromatic carbocycles. The van der Waals surface area contributed by atoms with Gasteiger partial charge in [0.15, 0.2) is 9.84 Å². The van der Waals surface area contributed by atoms with Gasteiger partial charge in [-0.2, -0.15) is 0 Å². The molecule has 0 fully saturated rings. The first kappa shape index (κ1) is 18.1. The second kappa shape index (κ2) is 6.89. The number of para-hydroxylation sites is 1. The fraction of sp³-hybridized carbons (Fsp3) is 0.0556. The van der Waals surface area contributed by atoms with Crippen LogP contribution in [-0.4, -0.2) is 25.7 Å². The first-order valence-electron chi connectivity index (χ1n) is 7.43. The molecule has 0 aliphatic rings. The molecule has 1 aromatic heterocycles. The van der Waals surface area contributed by atoms with E-state index in [-0.39, 0.29) is 16.3 Å². The van der Waals surface area contributed by atoms with E-state index in [9.17, 15) is 22.7 Å². The maximum absolute atomic E-state index is 13.6. The van der Waals surface area contributed by atoms with E-state index in [4.69, 9.17) is 0 Å².